The van der Waals surface area contributed by atoms with Crippen molar-refractivity contribution in [2.75, 3.05) is 0 Å². The van der Waals surface area contributed by atoms with Gasteiger partial charge in [0.2, 0.25) is 0 Å². The summed E-state index contributed by atoms with van der Waals surface area (Å²) in [5.74, 6) is 0. The summed E-state index contributed by atoms with van der Waals surface area (Å²) in [5.41, 5.74) is 9.47. The average Bonchev–Trinajstić information content (AvgIpc) is 3.03. The molecule has 0 aliphatic rings. The lowest BCUT2D eigenvalue weighted by molar-refractivity contribution is 0.635. The predicted octanol–water partition coefficient (Wildman–Crippen LogP) is 3.06. The fourth-order valence-electron chi connectivity index (χ4n) is 2.45. The van der Waals surface area contributed by atoms with E-state index >= 15 is 0 Å². The first-order chi connectivity index (χ1) is 9.69. The molecular weight excluding hydrogens is 268 g/mol. The predicted molar refractivity (Wildman–Crippen MR) is 82.9 cm³/mol. The third kappa shape index (κ3) is 2.34. The lowest BCUT2D eigenvalue weighted by Crippen LogP contribution is -2.14. The summed E-state index contributed by atoms with van der Waals surface area (Å²) in [6.45, 7) is 4.97. The molecule has 0 bridgehead atoms. The highest BCUT2D eigenvalue weighted by atomic mass is 32.1. The molecule has 20 heavy (non-hydrogen) atoms. The van der Waals surface area contributed by atoms with Gasteiger partial charge < -0.3 is 5.73 Å². The molecule has 104 valence electrons. The maximum absolute atomic E-state index is 6.28. The first kappa shape index (κ1) is 13.3. The highest BCUT2D eigenvalue weighted by molar-refractivity contribution is 7.09. The molecular formula is C15H18N4S. The third-order valence-corrected chi connectivity index (χ3v) is 4.26. The zero-order valence-corrected chi connectivity index (χ0v) is 12.5. The van der Waals surface area contributed by atoms with Crippen molar-refractivity contribution in [1.29, 1.82) is 0 Å². The van der Waals surface area contributed by atoms with E-state index in [1.807, 2.05) is 29.1 Å². The summed E-state index contributed by atoms with van der Waals surface area (Å²) >= 11 is 1.64. The van der Waals surface area contributed by atoms with Crippen molar-refractivity contribution < 1.29 is 0 Å². The van der Waals surface area contributed by atoms with Crippen LogP contribution in [-0.2, 0) is 13.0 Å². The van der Waals surface area contributed by atoms with Gasteiger partial charge in [0.1, 0.15) is 0 Å². The smallest absolute Gasteiger partial charge is 0.0898 e. The first-order valence-corrected chi connectivity index (χ1v) is 7.69. The molecule has 0 saturated heterocycles. The molecule has 4 nitrogen and oxygen atoms in total. The number of nitrogens with zero attached hydrogens (tertiary/aromatic N) is 3. The lowest BCUT2D eigenvalue weighted by Gasteiger charge is -2.06. The Kier molecular flexibility index (Phi) is 3.54. The van der Waals surface area contributed by atoms with E-state index in [2.05, 4.69) is 24.0 Å². The zero-order chi connectivity index (χ0) is 14.1. The number of para-hydroxylation sites is 1. The van der Waals surface area contributed by atoms with Crippen molar-refractivity contribution in [3.8, 4) is 0 Å². The van der Waals surface area contributed by atoms with Crippen LogP contribution in [-0.4, -0.2) is 14.8 Å². The van der Waals surface area contributed by atoms with Crippen LogP contribution in [0.1, 0.15) is 29.4 Å². The molecule has 1 aromatic carbocycles. The maximum Gasteiger partial charge on any atom is 0.0898 e. The molecule has 3 rings (SSSR count). The molecule has 0 amide bonds. The Labute approximate surface area is 122 Å². The van der Waals surface area contributed by atoms with E-state index in [-0.39, 0.29) is 6.04 Å². The Morgan fingerprint density at radius 1 is 1.35 bits per heavy atom. The molecule has 0 fully saturated rings. The molecule has 0 aliphatic heterocycles. The number of aryl methyl sites for hydroxylation is 2. The van der Waals surface area contributed by atoms with Crippen LogP contribution in [0.25, 0.3) is 10.9 Å². The third-order valence-electron chi connectivity index (χ3n) is 3.46. The Morgan fingerprint density at radius 2 is 2.15 bits per heavy atom. The van der Waals surface area contributed by atoms with Crippen molar-refractivity contribution in [1.82, 2.24) is 14.8 Å². The van der Waals surface area contributed by atoms with Crippen LogP contribution in [0.3, 0.4) is 0 Å². The van der Waals surface area contributed by atoms with Crippen LogP contribution < -0.4 is 5.73 Å². The van der Waals surface area contributed by atoms with Gasteiger partial charge >= 0.3 is 0 Å². The second-order valence-electron chi connectivity index (χ2n) is 4.88. The summed E-state index contributed by atoms with van der Waals surface area (Å²) < 4.78 is 2.03. The highest BCUT2D eigenvalue weighted by Crippen LogP contribution is 2.23. The van der Waals surface area contributed by atoms with E-state index in [1.165, 1.54) is 10.9 Å². The number of benzene rings is 1. The number of rotatable bonds is 4. The summed E-state index contributed by atoms with van der Waals surface area (Å²) in [4.78, 5) is 4.47. The van der Waals surface area contributed by atoms with Gasteiger partial charge in [-0.05, 0) is 19.9 Å². The van der Waals surface area contributed by atoms with Gasteiger partial charge in [-0.3, -0.25) is 4.68 Å². The normalized spacial score (nSPS) is 12.9. The van der Waals surface area contributed by atoms with Crippen LogP contribution in [0.2, 0.25) is 0 Å². The second kappa shape index (κ2) is 5.34. The fourth-order valence-corrected chi connectivity index (χ4v) is 3.13. The van der Waals surface area contributed by atoms with Crippen molar-refractivity contribution in [3.05, 3.63) is 46.0 Å². The van der Waals surface area contributed by atoms with Crippen molar-refractivity contribution in [2.24, 2.45) is 5.73 Å². The summed E-state index contributed by atoms with van der Waals surface area (Å²) in [7, 11) is 0. The zero-order valence-electron chi connectivity index (χ0n) is 11.7. The summed E-state index contributed by atoms with van der Waals surface area (Å²) in [5, 5.41) is 8.98. The van der Waals surface area contributed by atoms with Crippen molar-refractivity contribution in [3.63, 3.8) is 0 Å². The molecule has 0 aliphatic carbocycles. The first-order valence-electron chi connectivity index (χ1n) is 6.81. The molecule has 3 aromatic rings. The molecule has 2 heterocycles. The van der Waals surface area contributed by atoms with E-state index in [1.54, 1.807) is 11.3 Å². The molecule has 0 radical (unpaired) electrons. The maximum atomic E-state index is 6.28. The highest BCUT2D eigenvalue weighted by Gasteiger charge is 2.15. The largest absolute Gasteiger partial charge is 0.322 e. The van der Waals surface area contributed by atoms with Gasteiger partial charge in [0, 0.05) is 23.7 Å². The Hall–Kier alpha value is -1.72. The van der Waals surface area contributed by atoms with Gasteiger partial charge in [-0.25, -0.2) is 4.98 Å². The average molecular weight is 286 g/mol. The minimum Gasteiger partial charge on any atom is -0.322 e. The molecule has 1 atom stereocenters. The quantitative estimate of drug-likeness (QED) is 0.802. The van der Waals surface area contributed by atoms with Gasteiger partial charge in [0.25, 0.3) is 0 Å². The van der Waals surface area contributed by atoms with Crippen LogP contribution in [0, 0.1) is 6.92 Å². The van der Waals surface area contributed by atoms with Crippen LogP contribution >= 0.6 is 11.3 Å². The number of hydrogen-bond acceptors (Lipinski definition) is 4. The Morgan fingerprint density at radius 3 is 2.85 bits per heavy atom. The van der Waals surface area contributed by atoms with Gasteiger partial charge in [0.05, 0.1) is 28.0 Å². The minimum atomic E-state index is -0.0939. The number of fused-ring (bicyclic) bond motifs is 1. The van der Waals surface area contributed by atoms with E-state index in [0.717, 1.165) is 29.4 Å². The van der Waals surface area contributed by atoms with Crippen LogP contribution in [0.15, 0.2) is 29.6 Å². The van der Waals surface area contributed by atoms with E-state index < -0.39 is 0 Å². The molecule has 0 saturated carbocycles. The van der Waals surface area contributed by atoms with Gasteiger partial charge in [0.15, 0.2) is 0 Å². The Balaban J connectivity index is 1.94. The van der Waals surface area contributed by atoms with Gasteiger partial charge in [-0.1, -0.05) is 18.2 Å². The van der Waals surface area contributed by atoms with E-state index in [0.29, 0.717) is 0 Å². The molecule has 1 unspecified atom stereocenters. The molecule has 2 N–H and O–H groups in total. The fraction of sp³-hybridized carbons (Fsp3) is 0.333. The van der Waals surface area contributed by atoms with E-state index in [9.17, 15) is 0 Å². The van der Waals surface area contributed by atoms with Crippen LogP contribution in [0.5, 0.6) is 0 Å². The summed E-state index contributed by atoms with van der Waals surface area (Å²) in [6, 6.07) is 8.22. The van der Waals surface area contributed by atoms with Crippen molar-refractivity contribution >= 4 is 22.2 Å². The monoisotopic (exact) mass is 286 g/mol. The molecule has 2 aromatic heterocycles. The lowest BCUT2D eigenvalue weighted by atomic mass is 10.1. The SMILES string of the molecule is CCn1nc(CC(N)c2csc(C)n2)c2ccccc21. The topological polar surface area (TPSA) is 56.7 Å². The summed E-state index contributed by atoms with van der Waals surface area (Å²) in [6.07, 6.45) is 0.719. The van der Waals surface area contributed by atoms with E-state index in [4.69, 9.17) is 10.8 Å². The van der Waals surface area contributed by atoms with Gasteiger partial charge in [-0.2, -0.15) is 5.10 Å². The Bertz CT molecular complexity index is 728. The van der Waals surface area contributed by atoms with Crippen LogP contribution in [0.4, 0.5) is 0 Å². The van der Waals surface area contributed by atoms with Crippen molar-refractivity contribution in [2.45, 2.75) is 32.9 Å². The number of hydrogen-bond donors (Lipinski definition) is 1. The van der Waals surface area contributed by atoms with Gasteiger partial charge in [-0.15, -0.1) is 11.3 Å². The molecule has 0 spiro atoms. The number of nitrogens with two attached hydrogens (primary N) is 1. The number of aromatic nitrogens is 3. The minimum absolute atomic E-state index is 0.0939. The standard InChI is InChI=1S/C15H18N4S/c1-3-19-15-7-5-4-6-11(15)13(18-19)8-12(16)14-9-20-10(2)17-14/h4-7,9,12H,3,8,16H2,1-2H3. The number of thiazole rings is 1. The molecule has 5 heteroatoms. The second-order valence-corrected chi connectivity index (χ2v) is 5.94.